The van der Waals surface area contributed by atoms with Gasteiger partial charge in [0.15, 0.2) is 0 Å². The van der Waals surface area contributed by atoms with Crippen LogP contribution in [0.1, 0.15) is 45.4 Å². The van der Waals surface area contributed by atoms with Crippen LogP contribution >= 0.6 is 11.8 Å². The minimum Gasteiger partial charge on any atom is -0.392 e. The summed E-state index contributed by atoms with van der Waals surface area (Å²) in [5.74, 6) is 2.46. The van der Waals surface area contributed by atoms with E-state index in [1.54, 1.807) is 0 Å². The Labute approximate surface area is 98.2 Å². The summed E-state index contributed by atoms with van der Waals surface area (Å²) in [6, 6.07) is 0.360. The lowest BCUT2D eigenvalue weighted by molar-refractivity contribution is 0.120. The molecule has 2 nitrogen and oxygen atoms in total. The molecule has 1 aliphatic carbocycles. The van der Waals surface area contributed by atoms with Gasteiger partial charge in [-0.25, -0.2) is 0 Å². The highest BCUT2D eigenvalue weighted by Crippen LogP contribution is 2.17. The molecule has 1 aliphatic rings. The van der Waals surface area contributed by atoms with Crippen LogP contribution in [0.3, 0.4) is 0 Å². The van der Waals surface area contributed by atoms with E-state index in [0.29, 0.717) is 6.04 Å². The van der Waals surface area contributed by atoms with Crippen LogP contribution in [-0.4, -0.2) is 35.3 Å². The first kappa shape index (κ1) is 13.3. The van der Waals surface area contributed by atoms with E-state index >= 15 is 0 Å². The second kappa shape index (κ2) is 8.43. The summed E-state index contributed by atoms with van der Waals surface area (Å²) in [7, 11) is 0. The predicted molar refractivity (Wildman–Crippen MR) is 68.5 cm³/mol. The molecule has 0 heterocycles. The standard InChI is InChI=1S/C12H25NOS/c1-2-15-10-6-9-13-11-7-4-3-5-8-12(11)14/h11-14H,2-10H2,1H3. The van der Waals surface area contributed by atoms with E-state index in [1.165, 1.54) is 37.2 Å². The molecular weight excluding hydrogens is 206 g/mol. The van der Waals surface area contributed by atoms with Crippen molar-refractivity contribution >= 4 is 11.8 Å². The summed E-state index contributed by atoms with van der Waals surface area (Å²) in [5, 5.41) is 13.4. The van der Waals surface area contributed by atoms with E-state index in [-0.39, 0.29) is 6.10 Å². The Morgan fingerprint density at radius 2 is 2.07 bits per heavy atom. The van der Waals surface area contributed by atoms with Crippen molar-refractivity contribution in [3.05, 3.63) is 0 Å². The minimum absolute atomic E-state index is 0.105. The van der Waals surface area contributed by atoms with E-state index in [0.717, 1.165) is 19.4 Å². The van der Waals surface area contributed by atoms with Gasteiger partial charge in [-0.15, -0.1) is 0 Å². The minimum atomic E-state index is -0.105. The van der Waals surface area contributed by atoms with Crippen molar-refractivity contribution in [3.63, 3.8) is 0 Å². The van der Waals surface area contributed by atoms with E-state index < -0.39 is 0 Å². The number of rotatable bonds is 6. The van der Waals surface area contributed by atoms with E-state index in [9.17, 15) is 5.11 Å². The first-order valence-electron chi connectivity index (χ1n) is 6.33. The molecule has 0 amide bonds. The first-order valence-corrected chi connectivity index (χ1v) is 7.49. The first-order chi connectivity index (χ1) is 7.34. The fraction of sp³-hybridized carbons (Fsp3) is 1.00. The van der Waals surface area contributed by atoms with Crippen LogP contribution < -0.4 is 5.32 Å². The third kappa shape index (κ3) is 5.79. The summed E-state index contributed by atoms with van der Waals surface area (Å²) >= 11 is 2.00. The lowest BCUT2D eigenvalue weighted by Gasteiger charge is -2.21. The molecule has 0 bridgehead atoms. The van der Waals surface area contributed by atoms with Gasteiger partial charge in [0.2, 0.25) is 0 Å². The molecule has 0 spiro atoms. The van der Waals surface area contributed by atoms with Crippen molar-refractivity contribution in [1.82, 2.24) is 5.32 Å². The van der Waals surface area contributed by atoms with E-state index in [2.05, 4.69) is 12.2 Å². The average Bonchev–Trinajstić information content (AvgIpc) is 2.44. The van der Waals surface area contributed by atoms with Crippen molar-refractivity contribution in [2.24, 2.45) is 0 Å². The van der Waals surface area contributed by atoms with Crippen LogP contribution in [0, 0.1) is 0 Å². The number of hydrogen-bond donors (Lipinski definition) is 2. The molecule has 3 heteroatoms. The number of nitrogens with one attached hydrogen (secondary N) is 1. The number of thioether (sulfide) groups is 1. The van der Waals surface area contributed by atoms with Crippen LogP contribution in [0.5, 0.6) is 0 Å². The van der Waals surface area contributed by atoms with Gasteiger partial charge in [-0.05, 0) is 37.3 Å². The molecule has 0 aromatic heterocycles. The summed E-state index contributed by atoms with van der Waals surface area (Å²) in [4.78, 5) is 0. The largest absolute Gasteiger partial charge is 0.392 e. The fourth-order valence-electron chi connectivity index (χ4n) is 2.13. The number of hydrogen-bond acceptors (Lipinski definition) is 3. The molecule has 1 rings (SSSR count). The molecule has 90 valence electrons. The second-order valence-electron chi connectivity index (χ2n) is 4.32. The maximum Gasteiger partial charge on any atom is 0.0693 e. The maximum atomic E-state index is 9.88. The lowest BCUT2D eigenvalue weighted by atomic mass is 10.1. The second-order valence-corrected chi connectivity index (χ2v) is 5.71. The van der Waals surface area contributed by atoms with Crippen LogP contribution in [0.4, 0.5) is 0 Å². The zero-order chi connectivity index (χ0) is 10.9. The normalized spacial score (nSPS) is 27.6. The molecular formula is C12H25NOS. The monoisotopic (exact) mass is 231 g/mol. The van der Waals surface area contributed by atoms with Gasteiger partial charge in [-0.2, -0.15) is 11.8 Å². The van der Waals surface area contributed by atoms with Gasteiger partial charge in [0, 0.05) is 6.04 Å². The quantitative estimate of drug-likeness (QED) is 0.544. The van der Waals surface area contributed by atoms with Crippen molar-refractivity contribution in [3.8, 4) is 0 Å². The Morgan fingerprint density at radius 3 is 2.87 bits per heavy atom. The number of aliphatic hydroxyl groups is 1. The van der Waals surface area contributed by atoms with Gasteiger partial charge in [0.1, 0.15) is 0 Å². The molecule has 2 atom stereocenters. The van der Waals surface area contributed by atoms with Gasteiger partial charge in [-0.3, -0.25) is 0 Å². The molecule has 1 saturated carbocycles. The van der Waals surface area contributed by atoms with Gasteiger partial charge < -0.3 is 10.4 Å². The highest BCUT2D eigenvalue weighted by atomic mass is 32.2. The highest BCUT2D eigenvalue weighted by molar-refractivity contribution is 7.99. The van der Waals surface area contributed by atoms with E-state index in [1.807, 2.05) is 11.8 Å². The highest BCUT2D eigenvalue weighted by Gasteiger charge is 2.20. The van der Waals surface area contributed by atoms with Gasteiger partial charge >= 0.3 is 0 Å². The van der Waals surface area contributed by atoms with Crippen molar-refractivity contribution in [1.29, 1.82) is 0 Å². The summed E-state index contributed by atoms with van der Waals surface area (Å²) in [5.41, 5.74) is 0. The molecule has 0 aromatic rings. The molecule has 2 unspecified atom stereocenters. The van der Waals surface area contributed by atoms with Crippen molar-refractivity contribution in [2.75, 3.05) is 18.1 Å². The Morgan fingerprint density at radius 1 is 1.27 bits per heavy atom. The molecule has 0 saturated heterocycles. The van der Waals surface area contributed by atoms with Gasteiger partial charge in [0.25, 0.3) is 0 Å². The summed E-state index contributed by atoms with van der Waals surface area (Å²) in [6.45, 7) is 3.27. The molecule has 15 heavy (non-hydrogen) atoms. The zero-order valence-corrected chi connectivity index (χ0v) is 10.7. The number of aliphatic hydroxyl groups excluding tert-OH is 1. The van der Waals surface area contributed by atoms with Crippen LogP contribution in [-0.2, 0) is 0 Å². The zero-order valence-electron chi connectivity index (χ0n) is 9.87. The van der Waals surface area contributed by atoms with Gasteiger partial charge in [0.05, 0.1) is 6.10 Å². The Balaban J connectivity index is 2.07. The topological polar surface area (TPSA) is 32.3 Å². The van der Waals surface area contributed by atoms with Crippen LogP contribution in [0.2, 0.25) is 0 Å². The summed E-state index contributed by atoms with van der Waals surface area (Å²) in [6.07, 6.45) is 7.03. The fourth-order valence-corrected chi connectivity index (χ4v) is 2.77. The average molecular weight is 231 g/mol. The third-order valence-corrected chi connectivity index (χ3v) is 4.04. The maximum absolute atomic E-state index is 9.88. The lowest BCUT2D eigenvalue weighted by Crippen LogP contribution is -2.39. The summed E-state index contributed by atoms with van der Waals surface area (Å²) < 4.78 is 0. The SMILES string of the molecule is CCSCCCNC1CCCCCC1O. The van der Waals surface area contributed by atoms with Crippen LogP contribution in [0.15, 0.2) is 0 Å². The molecule has 2 N–H and O–H groups in total. The third-order valence-electron chi connectivity index (χ3n) is 3.06. The Bertz CT molecular complexity index is 155. The molecule has 1 fully saturated rings. The Hall–Kier alpha value is 0.270. The molecule has 0 aliphatic heterocycles. The Kier molecular flexibility index (Phi) is 7.49. The molecule has 0 radical (unpaired) electrons. The smallest absolute Gasteiger partial charge is 0.0693 e. The van der Waals surface area contributed by atoms with Gasteiger partial charge in [-0.1, -0.05) is 26.2 Å². The molecule has 0 aromatic carbocycles. The van der Waals surface area contributed by atoms with Crippen molar-refractivity contribution < 1.29 is 5.11 Å². The predicted octanol–water partition coefficient (Wildman–Crippen LogP) is 2.41. The van der Waals surface area contributed by atoms with Crippen LogP contribution in [0.25, 0.3) is 0 Å². The van der Waals surface area contributed by atoms with Crippen molar-refractivity contribution in [2.45, 2.75) is 57.6 Å². The van der Waals surface area contributed by atoms with E-state index in [4.69, 9.17) is 0 Å².